The minimum atomic E-state index is -4.09. The SMILES string of the molecule is COc1ccc(Cl)cc1N(CC(=O)NCc1ccc(N2CCCCC2)cc1)S(=O)(=O)c1ccc(C)cc1. The predicted molar refractivity (Wildman–Crippen MR) is 148 cm³/mol. The van der Waals surface area contributed by atoms with Crippen LogP contribution in [0.5, 0.6) is 5.75 Å². The maximum Gasteiger partial charge on any atom is 0.264 e. The molecule has 3 aromatic carbocycles. The maximum absolute atomic E-state index is 13.7. The lowest BCUT2D eigenvalue weighted by atomic mass is 10.1. The lowest BCUT2D eigenvalue weighted by molar-refractivity contribution is -0.119. The number of nitrogens with one attached hydrogen (secondary N) is 1. The minimum Gasteiger partial charge on any atom is -0.495 e. The molecule has 37 heavy (non-hydrogen) atoms. The summed E-state index contributed by atoms with van der Waals surface area (Å²) in [7, 11) is -2.65. The van der Waals surface area contributed by atoms with Crippen LogP contribution in [0.2, 0.25) is 5.02 Å². The molecule has 1 N–H and O–H groups in total. The Kier molecular flexibility index (Phi) is 8.61. The van der Waals surface area contributed by atoms with Gasteiger partial charge in [-0.15, -0.1) is 0 Å². The summed E-state index contributed by atoms with van der Waals surface area (Å²) in [6, 6.07) is 19.3. The summed E-state index contributed by atoms with van der Waals surface area (Å²) in [5.41, 5.74) is 3.23. The Morgan fingerprint density at radius 3 is 2.32 bits per heavy atom. The highest BCUT2D eigenvalue weighted by molar-refractivity contribution is 7.92. The first kappa shape index (κ1) is 26.8. The van der Waals surface area contributed by atoms with Gasteiger partial charge in [0.1, 0.15) is 12.3 Å². The van der Waals surface area contributed by atoms with Gasteiger partial charge < -0.3 is 15.0 Å². The molecule has 0 aliphatic carbocycles. The van der Waals surface area contributed by atoms with E-state index in [1.54, 1.807) is 24.3 Å². The Hall–Kier alpha value is -3.23. The van der Waals surface area contributed by atoms with Crippen LogP contribution >= 0.6 is 11.6 Å². The first-order chi connectivity index (χ1) is 17.8. The topological polar surface area (TPSA) is 79.0 Å². The van der Waals surface area contributed by atoms with Crippen LogP contribution < -0.4 is 19.3 Å². The summed E-state index contributed by atoms with van der Waals surface area (Å²) in [5, 5.41) is 3.18. The van der Waals surface area contributed by atoms with Crippen molar-refractivity contribution < 1.29 is 17.9 Å². The van der Waals surface area contributed by atoms with Crippen LogP contribution in [0.4, 0.5) is 11.4 Å². The number of amides is 1. The summed E-state index contributed by atoms with van der Waals surface area (Å²) in [5.74, 6) is -0.154. The Bertz CT molecular complexity index is 1320. The Balaban J connectivity index is 1.52. The van der Waals surface area contributed by atoms with E-state index in [0.717, 1.165) is 28.5 Å². The molecular weight excluding hydrogens is 510 g/mol. The van der Waals surface area contributed by atoms with Gasteiger partial charge in [0.05, 0.1) is 17.7 Å². The molecule has 1 heterocycles. The predicted octanol–water partition coefficient (Wildman–Crippen LogP) is 5.16. The zero-order valence-electron chi connectivity index (χ0n) is 21.1. The fourth-order valence-corrected chi connectivity index (χ4v) is 5.95. The number of benzene rings is 3. The molecule has 1 amide bonds. The number of hydrogen-bond donors (Lipinski definition) is 1. The van der Waals surface area contributed by atoms with Crippen molar-refractivity contribution in [2.24, 2.45) is 0 Å². The fraction of sp³-hybridized carbons (Fsp3) is 0.321. The van der Waals surface area contributed by atoms with Crippen LogP contribution in [0.1, 0.15) is 30.4 Å². The summed E-state index contributed by atoms with van der Waals surface area (Å²) >= 11 is 6.20. The number of ether oxygens (including phenoxy) is 1. The first-order valence-corrected chi connectivity index (χ1v) is 14.1. The number of carbonyl (C=O) groups is 1. The van der Waals surface area contributed by atoms with E-state index in [1.165, 1.54) is 50.3 Å². The molecule has 1 aliphatic heterocycles. The number of aryl methyl sites for hydroxylation is 1. The Morgan fingerprint density at radius 2 is 1.68 bits per heavy atom. The third-order valence-corrected chi connectivity index (χ3v) is 8.46. The van der Waals surface area contributed by atoms with Crippen molar-refractivity contribution in [2.45, 2.75) is 37.6 Å². The highest BCUT2D eigenvalue weighted by Crippen LogP contribution is 2.34. The minimum absolute atomic E-state index is 0.0706. The lowest BCUT2D eigenvalue weighted by Crippen LogP contribution is -2.40. The summed E-state index contributed by atoms with van der Waals surface area (Å²) in [6.07, 6.45) is 3.69. The lowest BCUT2D eigenvalue weighted by Gasteiger charge is -2.29. The van der Waals surface area contributed by atoms with Gasteiger partial charge in [0.2, 0.25) is 5.91 Å². The molecule has 0 radical (unpaired) electrons. The molecule has 0 aromatic heterocycles. The zero-order chi connectivity index (χ0) is 26.4. The van der Waals surface area contributed by atoms with Gasteiger partial charge >= 0.3 is 0 Å². The first-order valence-electron chi connectivity index (χ1n) is 12.3. The average molecular weight is 542 g/mol. The molecule has 0 bridgehead atoms. The van der Waals surface area contributed by atoms with Crippen LogP contribution in [0.15, 0.2) is 71.6 Å². The highest BCUT2D eigenvalue weighted by atomic mass is 35.5. The number of hydrogen-bond acceptors (Lipinski definition) is 5. The molecule has 0 atom stereocenters. The van der Waals surface area contributed by atoms with Crippen molar-refractivity contribution in [1.29, 1.82) is 0 Å². The van der Waals surface area contributed by atoms with Crippen molar-refractivity contribution in [3.05, 3.63) is 82.9 Å². The van der Waals surface area contributed by atoms with E-state index < -0.39 is 22.5 Å². The van der Waals surface area contributed by atoms with Crippen LogP contribution in [0, 0.1) is 6.92 Å². The molecule has 4 rings (SSSR count). The number of sulfonamides is 1. The van der Waals surface area contributed by atoms with E-state index in [9.17, 15) is 13.2 Å². The molecule has 196 valence electrons. The van der Waals surface area contributed by atoms with E-state index in [-0.39, 0.29) is 17.1 Å². The van der Waals surface area contributed by atoms with Gasteiger partial charge in [0.15, 0.2) is 0 Å². The molecule has 1 fully saturated rings. The zero-order valence-corrected chi connectivity index (χ0v) is 22.7. The molecule has 0 spiro atoms. The van der Waals surface area contributed by atoms with Crippen LogP contribution in [-0.2, 0) is 21.4 Å². The van der Waals surface area contributed by atoms with Gasteiger partial charge in [-0.25, -0.2) is 8.42 Å². The van der Waals surface area contributed by atoms with E-state index in [1.807, 2.05) is 19.1 Å². The van der Waals surface area contributed by atoms with Crippen molar-refractivity contribution in [3.63, 3.8) is 0 Å². The summed E-state index contributed by atoms with van der Waals surface area (Å²) in [4.78, 5) is 15.5. The molecule has 0 saturated carbocycles. The normalized spacial score (nSPS) is 13.8. The van der Waals surface area contributed by atoms with Crippen molar-refractivity contribution in [1.82, 2.24) is 5.32 Å². The number of carbonyl (C=O) groups excluding carboxylic acids is 1. The van der Waals surface area contributed by atoms with Gasteiger partial charge in [-0.05, 0) is 74.2 Å². The maximum atomic E-state index is 13.7. The van der Waals surface area contributed by atoms with E-state index in [2.05, 4.69) is 22.3 Å². The number of nitrogens with zero attached hydrogens (tertiary/aromatic N) is 2. The van der Waals surface area contributed by atoms with Crippen LogP contribution in [0.3, 0.4) is 0 Å². The third kappa shape index (κ3) is 6.56. The molecule has 1 saturated heterocycles. The van der Waals surface area contributed by atoms with E-state index in [0.29, 0.717) is 10.8 Å². The van der Waals surface area contributed by atoms with Crippen LogP contribution in [-0.4, -0.2) is 41.1 Å². The number of piperidine rings is 1. The van der Waals surface area contributed by atoms with E-state index in [4.69, 9.17) is 16.3 Å². The van der Waals surface area contributed by atoms with Crippen LogP contribution in [0.25, 0.3) is 0 Å². The Morgan fingerprint density at radius 1 is 1.00 bits per heavy atom. The van der Waals surface area contributed by atoms with Crippen molar-refractivity contribution >= 4 is 38.9 Å². The smallest absolute Gasteiger partial charge is 0.264 e. The number of anilines is 2. The molecule has 7 nitrogen and oxygen atoms in total. The van der Waals surface area contributed by atoms with Gasteiger partial charge in [0.25, 0.3) is 10.0 Å². The standard InChI is InChI=1S/C28H32ClN3O4S/c1-21-6-13-25(14-7-21)37(34,35)32(26-18-23(29)10-15-27(26)36-2)20-28(33)30-19-22-8-11-24(12-9-22)31-16-4-3-5-17-31/h6-15,18H,3-5,16-17,19-20H2,1-2H3,(H,30,33). The van der Waals surface area contributed by atoms with Gasteiger partial charge in [0, 0.05) is 30.3 Å². The second-order valence-electron chi connectivity index (χ2n) is 9.13. The fourth-order valence-electron chi connectivity index (χ4n) is 4.36. The van der Waals surface area contributed by atoms with Gasteiger partial charge in [-0.3, -0.25) is 9.10 Å². The number of halogens is 1. The average Bonchev–Trinajstić information content (AvgIpc) is 2.91. The largest absolute Gasteiger partial charge is 0.495 e. The number of rotatable bonds is 9. The molecule has 1 aliphatic rings. The number of methoxy groups -OCH3 is 1. The van der Waals surface area contributed by atoms with Gasteiger partial charge in [-0.2, -0.15) is 0 Å². The second kappa shape index (κ2) is 11.9. The van der Waals surface area contributed by atoms with Gasteiger partial charge in [-0.1, -0.05) is 41.4 Å². The second-order valence-corrected chi connectivity index (χ2v) is 11.4. The highest BCUT2D eigenvalue weighted by Gasteiger charge is 2.29. The molecule has 0 unspecified atom stereocenters. The van der Waals surface area contributed by atoms with E-state index >= 15 is 0 Å². The third-order valence-electron chi connectivity index (χ3n) is 6.45. The molecule has 3 aromatic rings. The monoisotopic (exact) mass is 541 g/mol. The summed E-state index contributed by atoms with van der Waals surface area (Å²) in [6.45, 7) is 3.85. The van der Waals surface area contributed by atoms with Crippen molar-refractivity contribution in [3.8, 4) is 5.75 Å². The Labute approximate surface area is 224 Å². The van der Waals surface area contributed by atoms with Crippen molar-refractivity contribution in [2.75, 3.05) is 35.9 Å². The molecular formula is C28H32ClN3O4S. The molecule has 9 heteroatoms. The summed E-state index contributed by atoms with van der Waals surface area (Å²) < 4.78 is 33.8. The quantitative estimate of drug-likeness (QED) is 0.405.